The first-order valence-corrected chi connectivity index (χ1v) is 6.22. The maximum atomic E-state index is 3.72. The van der Waals surface area contributed by atoms with Crippen LogP contribution in [0, 0.1) is 5.92 Å². The molecule has 1 aliphatic carbocycles. The van der Waals surface area contributed by atoms with E-state index in [9.17, 15) is 0 Å². The van der Waals surface area contributed by atoms with Crippen LogP contribution in [-0.2, 0) is 0 Å². The molecule has 2 heteroatoms. The quantitative estimate of drug-likeness (QED) is 0.674. The molecule has 0 aromatic rings. The summed E-state index contributed by atoms with van der Waals surface area (Å²) in [4.78, 5) is 0.513. The van der Waals surface area contributed by atoms with Crippen LogP contribution >= 0.6 is 11.8 Å². The molecular formula is C10H19NS. The van der Waals surface area contributed by atoms with Crippen LogP contribution in [0.25, 0.3) is 0 Å². The van der Waals surface area contributed by atoms with Gasteiger partial charge in [0.15, 0.2) is 0 Å². The molecule has 1 aliphatic heterocycles. The van der Waals surface area contributed by atoms with E-state index in [1.54, 1.807) is 0 Å². The molecule has 0 radical (unpaired) electrons. The van der Waals surface area contributed by atoms with Crippen molar-refractivity contribution in [3.05, 3.63) is 0 Å². The summed E-state index contributed by atoms with van der Waals surface area (Å²) >= 11 is 2.18. The Morgan fingerprint density at radius 2 is 2.50 bits per heavy atom. The molecule has 0 bridgehead atoms. The van der Waals surface area contributed by atoms with Crippen LogP contribution in [0.4, 0.5) is 0 Å². The minimum Gasteiger partial charge on any atom is -0.303 e. The van der Waals surface area contributed by atoms with E-state index in [-0.39, 0.29) is 0 Å². The van der Waals surface area contributed by atoms with Crippen molar-refractivity contribution in [3.63, 3.8) is 0 Å². The molecule has 70 valence electrons. The summed E-state index contributed by atoms with van der Waals surface area (Å²) in [5, 5.41) is 3.72. The average Bonchev–Trinajstić information content (AvgIpc) is 2.50. The SMILES string of the molecule is CCC1CCC2(C1)NCCCS2. The molecule has 2 unspecified atom stereocenters. The number of nitrogens with one attached hydrogen (secondary N) is 1. The van der Waals surface area contributed by atoms with Gasteiger partial charge in [-0.1, -0.05) is 13.3 Å². The highest BCUT2D eigenvalue weighted by atomic mass is 32.2. The smallest absolute Gasteiger partial charge is 0.0647 e. The third-order valence-electron chi connectivity index (χ3n) is 3.30. The molecule has 0 amide bonds. The van der Waals surface area contributed by atoms with Gasteiger partial charge in [0.1, 0.15) is 0 Å². The average molecular weight is 185 g/mol. The number of hydrogen-bond donors (Lipinski definition) is 1. The Labute approximate surface area is 79.7 Å². The standard InChI is InChI=1S/C10H19NS/c1-2-9-4-5-10(8-9)11-6-3-7-12-10/h9,11H,2-8H2,1H3. The predicted octanol–water partition coefficient (Wildman–Crippen LogP) is 2.62. The van der Waals surface area contributed by atoms with Gasteiger partial charge in [-0.3, -0.25) is 0 Å². The largest absolute Gasteiger partial charge is 0.303 e. The lowest BCUT2D eigenvalue weighted by molar-refractivity contribution is 0.434. The van der Waals surface area contributed by atoms with Crippen LogP contribution in [0.1, 0.15) is 39.0 Å². The maximum absolute atomic E-state index is 3.72. The van der Waals surface area contributed by atoms with Crippen LogP contribution < -0.4 is 5.32 Å². The second-order valence-corrected chi connectivity index (χ2v) is 5.62. The van der Waals surface area contributed by atoms with E-state index in [4.69, 9.17) is 0 Å². The van der Waals surface area contributed by atoms with Gasteiger partial charge >= 0.3 is 0 Å². The van der Waals surface area contributed by atoms with Gasteiger partial charge in [-0.15, -0.1) is 11.8 Å². The van der Waals surface area contributed by atoms with Crippen molar-refractivity contribution < 1.29 is 0 Å². The second-order valence-electron chi connectivity index (χ2n) is 4.14. The zero-order valence-electron chi connectivity index (χ0n) is 7.94. The molecule has 12 heavy (non-hydrogen) atoms. The van der Waals surface area contributed by atoms with Gasteiger partial charge in [-0.25, -0.2) is 0 Å². The molecule has 2 fully saturated rings. The summed E-state index contributed by atoms with van der Waals surface area (Å²) in [6, 6.07) is 0. The highest BCUT2D eigenvalue weighted by Crippen LogP contribution is 2.45. The van der Waals surface area contributed by atoms with Crippen LogP contribution in [0.3, 0.4) is 0 Å². The monoisotopic (exact) mass is 185 g/mol. The fraction of sp³-hybridized carbons (Fsp3) is 1.00. The lowest BCUT2D eigenvalue weighted by Gasteiger charge is -2.34. The summed E-state index contributed by atoms with van der Waals surface area (Å²) in [7, 11) is 0. The Kier molecular flexibility index (Phi) is 2.66. The van der Waals surface area contributed by atoms with Gasteiger partial charge in [0.25, 0.3) is 0 Å². The maximum Gasteiger partial charge on any atom is 0.0647 e. The number of thioether (sulfide) groups is 1. The molecule has 2 rings (SSSR count). The van der Waals surface area contributed by atoms with Gasteiger partial charge in [-0.05, 0) is 43.9 Å². The fourth-order valence-corrected chi connectivity index (χ4v) is 3.95. The van der Waals surface area contributed by atoms with Crippen molar-refractivity contribution in [1.29, 1.82) is 0 Å². The van der Waals surface area contributed by atoms with E-state index in [2.05, 4.69) is 24.0 Å². The second kappa shape index (κ2) is 3.59. The number of rotatable bonds is 1. The molecule has 0 aromatic heterocycles. The number of hydrogen-bond acceptors (Lipinski definition) is 2. The van der Waals surface area contributed by atoms with Gasteiger partial charge in [0.2, 0.25) is 0 Å². The van der Waals surface area contributed by atoms with Crippen molar-refractivity contribution in [1.82, 2.24) is 5.32 Å². The fourth-order valence-electron chi connectivity index (χ4n) is 2.45. The molecule has 2 atom stereocenters. The lowest BCUT2D eigenvalue weighted by Crippen LogP contribution is -2.43. The molecule has 2 aliphatic rings. The molecule has 1 heterocycles. The molecule has 1 nitrogen and oxygen atoms in total. The first-order valence-electron chi connectivity index (χ1n) is 5.24. The third kappa shape index (κ3) is 1.64. The zero-order chi connectivity index (χ0) is 8.44. The van der Waals surface area contributed by atoms with E-state index < -0.39 is 0 Å². The predicted molar refractivity (Wildman–Crippen MR) is 55.4 cm³/mol. The van der Waals surface area contributed by atoms with Gasteiger partial charge in [0, 0.05) is 0 Å². The summed E-state index contributed by atoms with van der Waals surface area (Å²) in [6.45, 7) is 3.58. The molecular weight excluding hydrogens is 166 g/mol. The van der Waals surface area contributed by atoms with Crippen molar-refractivity contribution in [2.24, 2.45) is 5.92 Å². The third-order valence-corrected chi connectivity index (χ3v) is 4.86. The highest BCUT2D eigenvalue weighted by molar-refractivity contribution is 8.00. The van der Waals surface area contributed by atoms with E-state index in [1.807, 2.05) is 0 Å². The van der Waals surface area contributed by atoms with Crippen molar-refractivity contribution >= 4 is 11.8 Å². The summed E-state index contributed by atoms with van der Waals surface area (Å²) in [5.74, 6) is 2.38. The minimum absolute atomic E-state index is 0.513. The topological polar surface area (TPSA) is 12.0 Å². The van der Waals surface area contributed by atoms with Gasteiger partial charge < -0.3 is 5.32 Å². The van der Waals surface area contributed by atoms with Crippen LogP contribution in [0.2, 0.25) is 0 Å². The van der Waals surface area contributed by atoms with E-state index in [0.717, 1.165) is 5.92 Å². The van der Waals surface area contributed by atoms with Crippen LogP contribution in [0.15, 0.2) is 0 Å². The van der Waals surface area contributed by atoms with Crippen molar-refractivity contribution in [2.45, 2.75) is 43.9 Å². The van der Waals surface area contributed by atoms with Crippen LogP contribution in [-0.4, -0.2) is 17.2 Å². The minimum atomic E-state index is 0.513. The first kappa shape index (κ1) is 8.89. The Hall–Kier alpha value is 0.310. The Morgan fingerprint density at radius 1 is 1.58 bits per heavy atom. The van der Waals surface area contributed by atoms with E-state index in [1.165, 1.54) is 44.4 Å². The molecule has 1 N–H and O–H groups in total. The van der Waals surface area contributed by atoms with Gasteiger partial charge in [0.05, 0.1) is 4.87 Å². The molecule has 1 saturated heterocycles. The molecule has 0 aromatic carbocycles. The summed E-state index contributed by atoms with van der Waals surface area (Å²) < 4.78 is 0. The Morgan fingerprint density at radius 3 is 3.08 bits per heavy atom. The van der Waals surface area contributed by atoms with E-state index >= 15 is 0 Å². The Bertz CT molecular complexity index is 152. The highest BCUT2D eigenvalue weighted by Gasteiger charge is 2.39. The van der Waals surface area contributed by atoms with Crippen molar-refractivity contribution in [3.8, 4) is 0 Å². The van der Waals surface area contributed by atoms with Crippen molar-refractivity contribution in [2.75, 3.05) is 12.3 Å². The first-order chi connectivity index (χ1) is 5.85. The summed E-state index contributed by atoms with van der Waals surface area (Å²) in [5.41, 5.74) is 0. The Balaban J connectivity index is 1.94. The molecule has 1 spiro atoms. The molecule has 1 saturated carbocycles. The van der Waals surface area contributed by atoms with Gasteiger partial charge in [-0.2, -0.15) is 0 Å². The van der Waals surface area contributed by atoms with E-state index in [0.29, 0.717) is 4.87 Å². The summed E-state index contributed by atoms with van der Waals surface area (Å²) in [6.07, 6.45) is 7.04. The zero-order valence-corrected chi connectivity index (χ0v) is 8.75. The lowest BCUT2D eigenvalue weighted by atomic mass is 10.1. The van der Waals surface area contributed by atoms with Crippen LogP contribution in [0.5, 0.6) is 0 Å². The normalized spacial score (nSPS) is 42.2.